The molecule has 0 spiro atoms. The van der Waals surface area contributed by atoms with Gasteiger partial charge < -0.3 is 4.74 Å². The van der Waals surface area contributed by atoms with Gasteiger partial charge in [-0.05, 0) is 59.5 Å². The summed E-state index contributed by atoms with van der Waals surface area (Å²) in [5, 5.41) is -0.257. The third-order valence-electron chi connectivity index (χ3n) is 4.11. The van der Waals surface area contributed by atoms with Crippen LogP contribution in [0.4, 0.5) is 0 Å². The first-order chi connectivity index (χ1) is 10.7. The summed E-state index contributed by atoms with van der Waals surface area (Å²) >= 11 is 5.61. The number of hydrogen-bond donors (Lipinski definition) is 0. The maximum Gasteiger partial charge on any atom is 0.222 e. The van der Waals surface area contributed by atoms with E-state index in [2.05, 4.69) is 6.07 Å². The predicted molar refractivity (Wildman–Crippen MR) is 88.2 cm³/mol. The summed E-state index contributed by atoms with van der Waals surface area (Å²) in [4.78, 5) is 11.3. The molecule has 1 atom stereocenters. The monoisotopic (exact) mass is 314 g/mol. The Bertz CT molecular complexity index is 635. The van der Waals surface area contributed by atoms with Gasteiger partial charge in [0.2, 0.25) is 5.24 Å². The average molecular weight is 315 g/mol. The van der Waals surface area contributed by atoms with Crippen molar-refractivity contribution in [3.63, 3.8) is 0 Å². The van der Waals surface area contributed by atoms with Gasteiger partial charge in [-0.1, -0.05) is 42.5 Å². The molecule has 0 aliphatic heterocycles. The number of ether oxygens (including phenoxy) is 1. The lowest BCUT2D eigenvalue weighted by Gasteiger charge is -2.16. The van der Waals surface area contributed by atoms with Crippen molar-refractivity contribution in [2.75, 3.05) is 0 Å². The minimum atomic E-state index is -0.257. The fraction of sp³-hybridized carbons (Fsp3) is 0.316. The maximum atomic E-state index is 11.3. The van der Waals surface area contributed by atoms with Crippen molar-refractivity contribution < 1.29 is 9.53 Å². The molecule has 3 heteroatoms. The Balaban J connectivity index is 1.70. The molecule has 0 saturated heterocycles. The highest BCUT2D eigenvalue weighted by Gasteiger charge is 2.33. The van der Waals surface area contributed by atoms with Gasteiger partial charge in [-0.15, -0.1) is 0 Å². The van der Waals surface area contributed by atoms with E-state index in [0.717, 1.165) is 16.9 Å². The Hall–Kier alpha value is -1.80. The van der Waals surface area contributed by atoms with Gasteiger partial charge in [0.1, 0.15) is 12.4 Å². The lowest BCUT2D eigenvalue weighted by atomic mass is 9.91. The van der Waals surface area contributed by atoms with Crippen molar-refractivity contribution in [2.24, 2.45) is 5.92 Å². The molecular formula is C19H19ClO2. The highest BCUT2D eigenvalue weighted by molar-refractivity contribution is 6.63. The first-order valence-corrected chi connectivity index (χ1v) is 8.05. The van der Waals surface area contributed by atoms with Crippen LogP contribution >= 0.6 is 11.6 Å². The van der Waals surface area contributed by atoms with E-state index in [4.69, 9.17) is 16.3 Å². The molecule has 0 unspecified atom stereocenters. The number of carbonyl (C=O) groups excluding carboxylic acids is 1. The van der Waals surface area contributed by atoms with Crippen molar-refractivity contribution in [1.29, 1.82) is 0 Å². The molecular weight excluding hydrogens is 296 g/mol. The summed E-state index contributed by atoms with van der Waals surface area (Å²) in [6.07, 6.45) is 2.78. The topological polar surface area (TPSA) is 26.3 Å². The molecule has 0 amide bonds. The summed E-state index contributed by atoms with van der Waals surface area (Å²) in [5.41, 5.74) is 2.30. The third-order valence-corrected chi connectivity index (χ3v) is 4.26. The summed E-state index contributed by atoms with van der Waals surface area (Å²) in [6.45, 7) is 0.548. The highest BCUT2D eigenvalue weighted by Crippen LogP contribution is 2.45. The molecule has 0 N–H and O–H groups in total. The van der Waals surface area contributed by atoms with Gasteiger partial charge in [0, 0.05) is 6.42 Å². The predicted octanol–water partition coefficient (Wildman–Crippen LogP) is 4.91. The molecule has 0 aromatic heterocycles. The standard InChI is InChI=1S/C19H19ClO2/c20-19(21)12-18(15-9-10-15)16-7-4-8-17(11-16)22-13-14-5-2-1-3-6-14/h1-8,11,15,18H,9-10,12-13H2/t18-/m0/s1. The molecule has 3 rings (SSSR count). The van der Waals surface area contributed by atoms with Gasteiger partial charge in [-0.3, -0.25) is 4.79 Å². The fourth-order valence-corrected chi connectivity index (χ4v) is 2.97. The zero-order chi connectivity index (χ0) is 15.4. The Labute approximate surface area is 136 Å². The SMILES string of the molecule is O=C(Cl)C[C@H](c1cccc(OCc2ccccc2)c1)C1CC1. The largest absolute Gasteiger partial charge is 0.489 e. The second-order valence-corrected chi connectivity index (χ2v) is 6.27. The number of benzene rings is 2. The Morgan fingerprint density at radius 1 is 1.14 bits per heavy atom. The second-order valence-electron chi connectivity index (χ2n) is 5.85. The van der Waals surface area contributed by atoms with Crippen molar-refractivity contribution in [3.05, 3.63) is 65.7 Å². The Morgan fingerprint density at radius 2 is 1.91 bits per heavy atom. The number of carbonyl (C=O) groups is 1. The van der Waals surface area contributed by atoms with E-state index in [1.807, 2.05) is 48.5 Å². The van der Waals surface area contributed by atoms with Crippen LogP contribution < -0.4 is 4.74 Å². The van der Waals surface area contributed by atoms with Crippen LogP contribution in [-0.4, -0.2) is 5.24 Å². The summed E-state index contributed by atoms with van der Waals surface area (Å²) in [7, 11) is 0. The third kappa shape index (κ3) is 4.11. The molecule has 1 fully saturated rings. The van der Waals surface area contributed by atoms with Crippen molar-refractivity contribution in [2.45, 2.75) is 31.8 Å². The van der Waals surface area contributed by atoms with E-state index >= 15 is 0 Å². The van der Waals surface area contributed by atoms with Gasteiger partial charge >= 0.3 is 0 Å². The first kappa shape index (κ1) is 15.1. The molecule has 2 nitrogen and oxygen atoms in total. The van der Waals surface area contributed by atoms with Gasteiger partial charge in [0.25, 0.3) is 0 Å². The number of hydrogen-bond acceptors (Lipinski definition) is 2. The minimum absolute atomic E-state index is 0.227. The molecule has 2 aromatic carbocycles. The summed E-state index contributed by atoms with van der Waals surface area (Å²) in [5.74, 6) is 1.66. The van der Waals surface area contributed by atoms with Crippen molar-refractivity contribution in [1.82, 2.24) is 0 Å². The molecule has 1 aliphatic carbocycles. The van der Waals surface area contributed by atoms with Gasteiger partial charge in [-0.2, -0.15) is 0 Å². The average Bonchev–Trinajstić information content (AvgIpc) is 3.36. The molecule has 0 heterocycles. The minimum Gasteiger partial charge on any atom is -0.489 e. The molecule has 22 heavy (non-hydrogen) atoms. The molecule has 1 saturated carbocycles. The molecule has 0 radical (unpaired) electrons. The number of rotatable bonds is 7. The van der Waals surface area contributed by atoms with Gasteiger partial charge in [0.15, 0.2) is 0 Å². The van der Waals surface area contributed by atoms with E-state index in [0.29, 0.717) is 18.9 Å². The summed E-state index contributed by atoms with van der Waals surface area (Å²) in [6, 6.07) is 18.2. The molecule has 0 bridgehead atoms. The molecule has 1 aliphatic rings. The fourth-order valence-electron chi connectivity index (χ4n) is 2.80. The van der Waals surface area contributed by atoms with Crippen LogP contribution in [-0.2, 0) is 11.4 Å². The van der Waals surface area contributed by atoms with E-state index in [-0.39, 0.29) is 11.2 Å². The van der Waals surface area contributed by atoms with E-state index < -0.39 is 0 Å². The van der Waals surface area contributed by atoms with Crippen molar-refractivity contribution >= 4 is 16.8 Å². The van der Waals surface area contributed by atoms with Gasteiger partial charge in [-0.25, -0.2) is 0 Å². The Morgan fingerprint density at radius 3 is 2.59 bits per heavy atom. The smallest absolute Gasteiger partial charge is 0.222 e. The van der Waals surface area contributed by atoms with Crippen LogP contribution in [0.1, 0.15) is 36.3 Å². The molecule has 2 aromatic rings. The summed E-state index contributed by atoms with van der Waals surface area (Å²) < 4.78 is 5.87. The normalized spacial score (nSPS) is 15.3. The maximum absolute atomic E-state index is 11.3. The first-order valence-electron chi connectivity index (χ1n) is 7.67. The lowest BCUT2D eigenvalue weighted by Crippen LogP contribution is -2.06. The quantitative estimate of drug-likeness (QED) is 0.678. The van der Waals surface area contributed by atoms with Crippen LogP contribution in [0, 0.1) is 5.92 Å². The zero-order valence-electron chi connectivity index (χ0n) is 12.4. The second kappa shape index (κ2) is 6.97. The van der Waals surface area contributed by atoms with Crippen LogP contribution in [0.2, 0.25) is 0 Å². The van der Waals surface area contributed by atoms with Crippen LogP contribution in [0.15, 0.2) is 54.6 Å². The molecule has 114 valence electrons. The number of halogens is 1. The zero-order valence-corrected chi connectivity index (χ0v) is 13.1. The Kier molecular flexibility index (Phi) is 4.79. The lowest BCUT2D eigenvalue weighted by molar-refractivity contribution is -0.112. The van der Waals surface area contributed by atoms with Crippen LogP contribution in [0.5, 0.6) is 5.75 Å². The van der Waals surface area contributed by atoms with E-state index in [9.17, 15) is 4.79 Å². The van der Waals surface area contributed by atoms with Crippen LogP contribution in [0.25, 0.3) is 0 Å². The van der Waals surface area contributed by atoms with E-state index in [1.54, 1.807) is 0 Å². The van der Waals surface area contributed by atoms with Crippen LogP contribution in [0.3, 0.4) is 0 Å². The van der Waals surface area contributed by atoms with Crippen molar-refractivity contribution in [3.8, 4) is 5.75 Å². The van der Waals surface area contributed by atoms with Gasteiger partial charge in [0.05, 0.1) is 0 Å². The highest BCUT2D eigenvalue weighted by atomic mass is 35.5. The van der Waals surface area contributed by atoms with E-state index in [1.165, 1.54) is 12.8 Å².